The molecular formula is C12H13BrClN3. The molecule has 90 valence electrons. The highest BCUT2D eigenvalue weighted by Crippen LogP contribution is 2.24. The molecule has 1 aromatic heterocycles. The molecule has 0 saturated heterocycles. The van der Waals surface area contributed by atoms with Gasteiger partial charge in [0.1, 0.15) is 5.84 Å². The van der Waals surface area contributed by atoms with Gasteiger partial charge in [-0.05, 0) is 18.2 Å². The lowest BCUT2D eigenvalue weighted by atomic mass is 10.2. The van der Waals surface area contributed by atoms with E-state index in [0.717, 1.165) is 29.9 Å². The maximum atomic E-state index is 4.41. The molecule has 3 nitrogen and oxygen atoms in total. The van der Waals surface area contributed by atoms with E-state index in [4.69, 9.17) is 0 Å². The van der Waals surface area contributed by atoms with E-state index in [0.29, 0.717) is 0 Å². The molecule has 0 fully saturated rings. The Balaban J connectivity index is 0.00000108. The van der Waals surface area contributed by atoms with Crippen molar-refractivity contribution in [3.8, 4) is 0 Å². The molecule has 17 heavy (non-hydrogen) atoms. The van der Waals surface area contributed by atoms with Gasteiger partial charge >= 0.3 is 0 Å². The van der Waals surface area contributed by atoms with Gasteiger partial charge in [0.15, 0.2) is 0 Å². The third kappa shape index (κ3) is 2.33. The summed E-state index contributed by atoms with van der Waals surface area (Å²) in [5.74, 6) is 1.08. The second-order valence-corrected chi connectivity index (χ2v) is 4.73. The molecule has 1 N–H and O–H groups in total. The smallest absolute Gasteiger partial charge is 0.117 e. The van der Waals surface area contributed by atoms with E-state index in [1.165, 1.54) is 10.9 Å². The third-order valence-electron chi connectivity index (χ3n) is 2.82. The van der Waals surface area contributed by atoms with E-state index in [1.807, 2.05) is 0 Å². The predicted octanol–water partition coefficient (Wildman–Crippen LogP) is 2.83. The molecule has 0 radical (unpaired) electrons. The maximum Gasteiger partial charge on any atom is 0.117 e. The number of halogens is 2. The molecule has 0 unspecified atom stereocenters. The van der Waals surface area contributed by atoms with Crippen LogP contribution in [0.2, 0.25) is 0 Å². The Morgan fingerprint density at radius 1 is 1.35 bits per heavy atom. The monoisotopic (exact) mass is 313 g/mol. The zero-order valence-electron chi connectivity index (χ0n) is 9.19. The first-order valence-corrected chi connectivity index (χ1v) is 6.14. The van der Waals surface area contributed by atoms with Crippen LogP contribution in [0.1, 0.15) is 0 Å². The maximum absolute atomic E-state index is 4.41. The average Bonchev–Trinajstić information content (AvgIpc) is 2.90. The molecule has 0 bridgehead atoms. The lowest BCUT2D eigenvalue weighted by molar-refractivity contribution is 0.863. The first-order valence-electron chi connectivity index (χ1n) is 5.35. The molecule has 2 aromatic rings. The van der Waals surface area contributed by atoms with Crippen LogP contribution in [0.4, 0.5) is 0 Å². The van der Waals surface area contributed by atoms with Crippen molar-refractivity contribution in [2.24, 2.45) is 4.99 Å². The molecule has 0 atom stereocenters. The van der Waals surface area contributed by atoms with E-state index >= 15 is 0 Å². The summed E-state index contributed by atoms with van der Waals surface area (Å²) >= 11 is 3.56. The molecule has 0 saturated carbocycles. The van der Waals surface area contributed by atoms with Crippen molar-refractivity contribution >= 4 is 45.1 Å². The summed E-state index contributed by atoms with van der Waals surface area (Å²) in [4.78, 5) is 4.41. The zero-order valence-corrected chi connectivity index (χ0v) is 11.6. The quantitative estimate of drug-likeness (QED) is 0.907. The van der Waals surface area contributed by atoms with Crippen LogP contribution in [0, 0.1) is 0 Å². The third-order valence-corrected chi connectivity index (χ3v) is 3.52. The van der Waals surface area contributed by atoms with E-state index < -0.39 is 0 Å². The van der Waals surface area contributed by atoms with Crippen LogP contribution in [0.25, 0.3) is 10.9 Å². The SMILES string of the molecule is Brc1cccc2c1ccn2CC1=NCCN1.Cl. The van der Waals surface area contributed by atoms with Gasteiger partial charge < -0.3 is 9.88 Å². The van der Waals surface area contributed by atoms with Gasteiger partial charge in [0.2, 0.25) is 0 Å². The first-order chi connectivity index (χ1) is 7.84. The van der Waals surface area contributed by atoms with Gasteiger partial charge in [-0.2, -0.15) is 0 Å². The van der Waals surface area contributed by atoms with Crippen molar-refractivity contribution in [1.82, 2.24) is 9.88 Å². The largest absolute Gasteiger partial charge is 0.370 e. The van der Waals surface area contributed by atoms with E-state index in [1.54, 1.807) is 0 Å². The standard InChI is InChI=1S/C12H12BrN3.ClH/c13-10-2-1-3-11-9(10)4-7-16(11)8-12-14-5-6-15-12;/h1-4,7H,5-6,8H2,(H,14,15);1H. The molecule has 1 aliphatic heterocycles. The Morgan fingerprint density at radius 2 is 2.24 bits per heavy atom. The number of nitrogens with zero attached hydrogens (tertiary/aromatic N) is 2. The number of hydrogen-bond acceptors (Lipinski definition) is 2. The van der Waals surface area contributed by atoms with Crippen LogP contribution < -0.4 is 5.32 Å². The Bertz CT molecular complexity index is 562. The van der Waals surface area contributed by atoms with Crippen molar-refractivity contribution in [2.75, 3.05) is 13.1 Å². The van der Waals surface area contributed by atoms with Crippen molar-refractivity contribution in [1.29, 1.82) is 0 Å². The van der Waals surface area contributed by atoms with Crippen LogP contribution in [0.3, 0.4) is 0 Å². The van der Waals surface area contributed by atoms with Gasteiger partial charge in [-0.1, -0.05) is 22.0 Å². The summed E-state index contributed by atoms with van der Waals surface area (Å²) in [6.07, 6.45) is 2.11. The van der Waals surface area contributed by atoms with Gasteiger partial charge in [0.05, 0.1) is 13.1 Å². The second kappa shape index (κ2) is 5.10. The fraction of sp³-hybridized carbons (Fsp3) is 0.250. The molecule has 2 heterocycles. The summed E-state index contributed by atoms with van der Waals surface area (Å²) in [7, 11) is 0. The summed E-state index contributed by atoms with van der Waals surface area (Å²) < 4.78 is 3.36. The van der Waals surface area contributed by atoms with Crippen molar-refractivity contribution in [2.45, 2.75) is 6.54 Å². The van der Waals surface area contributed by atoms with Crippen LogP contribution in [-0.2, 0) is 6.54 Å². The summed E-state index contributed by atoms with van der Waals surface area (Å²) in [5, 5.41) is 4.54. The molecule has 1 aliphatic rings. The second-order valence-electron chi connectivity index (χ2n) is 3.87. The lowest BCUT2D eigenvalue weighted by Crippen LogP contribution is -2.23. The minimum atomic E-state index is 0. The predicted molar refractivity (Wildman–Crippen MR) is 77.2 cm³/mol. The Morgan fingerprint density at radius 3 is 3.00 bits per heavy atom. The van der Waals surface area contributed by atoms with E-state index in [2.05, 4.69) is 61.3 Å². The Labute approximate surface area is 114 Å². The van der Waals surface area contributed by atoms with Crippen molar-refractivity contribution < 1.29 is 0 Å². The minimum absolute atomic E-state index is 0. The number of hydrogen-bond donors (Lipinski definition) is 1. The zero-order chi connectivity index (χ0) is 11.0. The Hall–Kier alpha value is -1.00. The van der Waals surface area contributed by atoms with Gasteiger partial charge in [0.25, 0.3) is 0 Å². The van der Waals surface area contributed by atoms with Crippen LogP contribution in [-0.4, -0.2) is 23.5 Å². The van der Waals surface area contributed by atoms with Gasteiger partial charge in [0, 0.05) is 28.1 Å². The summed E-state index contributed by atoms with van der Waals surface area (Å²) in [5.41, 5.74) is 1.24. The number of benzene rings is 1. The number of fused-ring (bicyclic) bond motifs is 1. The number of amidine groups is 1. The minimum Gasteiger partial charge on any atom is -0.370 e. The van der Waals surface area contributed by atoms with Gasteiger partial charge in [-0.3, -0.25) is 4.99 Å². The van der Waals surface area contributed by atoms with E-state index in [-0.39, 0.29) is 12.4 Å². The lowest BCUT2D eigenvalue weighted by Gasteiger charge is -2.06. The number of aliphatic imine (C=N–C) groups is 1. The highest BCUT2D eigenvalue weighted by molar-refractivity contribution is 9.10. The van der Waals surface area contributed by atoms with Crippen LogP contribution >= 0.6 is 28.3 Å². The average molecular weight is 315 g/mol. The summed E-state index contributed by atoms with van der Waals surface area (Å²) in [6, 6.07) is 8.40. The number of nitrogens with one attached hydrogen (secondary N) is 1. The molecule has 1 aromatic carbocycles. The Kier molecular flexibility index (Phi) is 3.74. The highest BCUT2D eigenvalue weighted by Gasteiger charge is 2.08. The normalized spacial score (nSPS) is 14.3. The molecule has 3 rings (SSSR count). The molecule has 0 aliphatic carbocycles. The van der Waals surface area contributed by atoms with Crippen LogP contribution in [0.5, 0.6) is 0 Å². The number of rotatable bonds is 2. The first kappa shape index (κ1) is 12.5. The topological polar surface area (TPSA) is 29.3 Å². The molecule has 0 spiro atoms. The van der Waals surface area contributed by atoms with Gasteiger partial charge in [-0.15, -0.1) is 12.4 Å². The van der Waals surface area contributed by atoms with Crippen molar-refractivity contribution in [3.63, 3.8) is 0 Å². The van der Waals surface area contributed by atoms with Gasteiger partial charge in [-0.25, -0.2) is 0 Å². The fourth-order valence-corrected chi connectivity index (χ4v) is 2.53. The fourth-order valence-electron chi connectivity index (χ4n) is 2.04. The molecule has 0 amide bonds. The number of aromatic nitrogens is 1. The molecular weight excluding hydrogens is 302 g/mol. The van der Waals surface area contributed by atoms with E-state index in [9.17, 15) is 0 Å². The van der Waals surface area contributed by atoms with Crippen molar-refractivity contribution in [3.05, 3.63) is 34.9 Å². The molecule has 5 heteroatoms. The van der Waals surface area contributed by atoms with Crippen LogP contribution in [0.15, 0.2) is 39.9 Å². The summed E-state index contributed by atoms with van der Waals surface area (Å²) in [6.45, 7) is 2.70. The highest BCUT2D eigenvalue weighted by atomic mass is 79.9.